The van der Waals surface area contributed by atoms with Crippen LogP contribution in [0.2, 0.25) is 0 Å². The Morgan fingerprint density at radius 1 is 1.27 bits per heavy atom. The summed E-state index contributed by atoms with van der Waals surface area (Å²) in [7, 11) is 0. The summed E-state index contributed by atoms with van der Waals surface area (Å²) >= 11 is 0. The third-order valence-corrected chi connectivity index (χ3v) is 2.67. The van der Waals surface area contributed by atoms with Crippen molar-refractivity contribution in [2.45, 2.75) is 20.3 Å². The van der Waals surface area contributed by atoms with E-state index in [0.29, 0.717) is 6.42 Å². The summed E-state index contributed by atoms with van der Waals surface area (Å²) in [5, 5.41) is 0. The molecule has 0 saturated carbocycles. The minimum Gasteiger partial charge on any atom is -0.303 e. The van der Waals surface area contributed by atoms with Crippen molar-refractivity contribution in [3.8, 4) is 0 Å². The molecule has 0 radical (unpaired) electrons. The Hall–Kier alpha value is -0.110. The van der Waals surface area contributed by atoms with Gasteiger partial charge in [-0.2, -0.15) is 0 Å². The van der Waals surface area contributed by atoms with Gasteiger partial charge in [-0.25, -0.2) is 0 Å². The van der Waals surface area contributed by atoms with Gasteiger partial charge in [0.2, 0.25) is 0 Å². The maximum Gasteiger partial charge on any atom is 0.0906 e. The van der Waals surface area contributed by atoms with Crippen LogP contribution in [0, 0.1) is 11.8 Å². The molecule has 1 saturated heterocycles. The van der Waals surface area contributed by atoms with Gasteiger partial charge in [0.25, 0.3) is 0 Å². The molecule has 0 amide bonds. The molecule has 0 bridgehead atoms. The standard InChI is InChI=1S/C9H18FN/c1-8-6-11(5-3-4-10)7-9(8)2/h8-9H,3-7H2,1-2H3. The van der Waals surface area contributed by atoms with Gasteiger partial charge >= 0.3 is 0 Å². The number of hydrogen-bond donors (Lipinski definition) is 0. The first-order valence-electron chi connectivity index (χ1n) is 4.52. The smallest absolute Gasteiger partial charge is 0.0906 e. The minimum absolute atomic E-state index is 0.167. The highest BCUT2D eigenvalue weighted by Crippen LogP contribution is 2.21. The van der Waals surface area contributed by atoms with Crippen LogP contribution in [-0.4, -0.2) is 31.2 Å². The van der Waals surface area contributed by atoms with Crippen LogP contribution in [0.5, 0.6) is 0 Å². The highest BCUT2D eigenvalue weighted by atomic mass is 19.1. The normalized spacial score (nSPS) is 33.0. The van der Waals surface area contributed by atoms with Crippen LogP contribution in [0.25, 0.3) is 0 Å². The highest BCUT2D eigenvalue weighted by Gasteiger charge is 2.24. The molecule has 66 valence electrons. The van der Waals surface area contributed by atoms with Crippen LogP contribution in [0.1, 0.15) is 20.3 Å². The van der Waals surface area contributed by atoms with Gasteiger partial charge in [-0.1, -0.05) is 13.8 Å². The molecule has 1 aliphatic heterocycles. The van der Waals surface area contributed by atoms with Crippen molar-refractivity contribution in [1.82, 2.24) is 4.90 Å². The van der Waals surface area contributed by atoms with E-state index in [9.17, 15) is 4.39 Å². The summed E-state index contributed by atoms with van der Waals surface area (Å²) in [6.07, 6.45) is 0.708. The van der Waals surface area contributed by atoms with Crippen LogP contribution >= 0.6 is 0 Å². The van der Waals surface area contributed by atoms with Gasteiger partial charge in [-0.3, -0.25) is 4.39 Å². The first-order valence-corrected chi connectivity index (χ1v) is 4.52. The number of halogens is 1. The molecule has 1 rings (SSSR count). The number of alkyl halides is 1. The van der Waals surface area contributed by atoms with Crippen molar-refractivity contribution >= 4 is 0 Å². The Bertz CT molecular complexity index is 106. The van der Waals surface area contributed by atoms with Gasteiger partial charge in [0, 0.05) is 19.6 Å². The molecular formula is C9H18FN. The zero-order chi connectivity index (χ0) is 8.27. The molecule has 11 heavy (non-hydrogen) atoms. The summed E-state index contributed by atoms with van der Waals surface area (Å²) < 4.78 is 11.8. The molecule has 0 aliphatic carbocycles. The van der Waals surface area contributed by atoms with E-state index in [2.05, 4.69) is 18.7 Å². The number of hydrogen-bond acceptors (Lipinski definition) is 1. The second-order valence-corrected chi connectivity index (χ2v) is 3.76. The summed E-state index contributed by atoms with van der Waals surface area (Å²) in [6.45, 7) is 7.67. The lowest BCUT2D eigenvalue weighted by molar-refractivity contribution is 0.300. The van der Waals surface area contributed by atoms with Crippen molar-refractivity contribution in [3.05, 3.63) is 0 Å². The average molecular weight is 159 g/mol. The maximum absolute atomic E-state index is 11.8. The van der Waals surface area contributed by atoms with Crippen molar-refractivity contribution in [3.63, 3.8) is 0 Å². The van der Waals surface area contributed by atoms with E-state index < -0.39 is 0 Å². The Balaban J connectivity index is 2.18. The molecule has 0 spiro atoms. The van der Waals surface area contributed by atoms with Gasteiger partial charge in [0.15, 0.2) is 0 Å². The van der Waals surface area contributed by atoms with Gasteiger partial charge < -0.3 is 4.90 Å². The molecule has 1 aliphatic rings. The molecule has 0 aromatic heterocycles. The number of likely N-dealkylation sites (tertiary alicyclic amines) is 1. The first kappa shape index (κ1) is 8.98. The van der Waals surface area contributed by atoms with Gasteiger partial charge in [-0.15, -0.1) is 0 Å². The Labute approximate surface area is 68.6 Å². The van der Waals surface area contributed by atoms with Crippen LogP contribution in [0.15, 0.2) is 0 Å². The van der Waals surface area contributed by atoms with Crippen molar-refractivity contribution < 1.29 is 4.39 Å². The van der Waals surface area contributed by atoms with Crippen molar-refractivity contribution in [1.29, 1.82) is 0 Å². The largest absolute Gasteiger partial charge is 0.303 e. The van der Waals surface area contributed by atoms with E-state index in [-0.39, 0.29) is 6.67 Å². The van der Waals surface area contributed by atoms with E-state index in [4.69, 9.17) is 0 Å². The van der Waals surface area contributed by atoms with Crippen LogP contribution in [0.4, 0.5) is 4.39 Å². The Kier molecular flexibility index (Phi) is 3.31. The van der Waals surface area contributed by atoms with Crippen molar-refractivity contribution in [2.75, 3.05) is 26.3 Å². The molecule has 0 aromatic rings. The summed E-state index contributed by atoms with van der Waals surface area (Å²) in [5.74, 6) is 1.60. The fourth-order valence-electron chi connectivity index (χ4n) is 1.71. The monoisotopic (exact) mass is 159 g/mol. The second kappa shape index (κ2) is 4.05. The summed E-state index contributed by atoms with van der Waals surface area (Å²) in [4.78, 5) is 2.37. The topological polar surface area (TPSA) is 3.24 Å². The lowest BCUT2D eigenvalue weighted by Gasteiger charge is -2.13. The van der Waals surface area contributed by atoms with Crippen LogP contribution < -0.4 is 0 Å². The first-order chi connectivity index (χ1) is 5.24. The zero-order valence-corrected chi connectivity index (χ0v) is 7.52. The third kappa shape index (κ3) is 2.44. The molecule has 2 heteroatoms. The molecule has 2 atom stereocenters. The highest BCUT2D eigenvalue weighted by molar-refractivity contribution is 4.77. The van der Waals surface area contributed by atoms with Gasteiger partial charge in [0.05, 0.1) is 6.67 Å². The fourth-order valence-corrected chi connectivity index (χ4v) is 1.71. The molecule has 1 fully saturated rings. The Morgan fingerprint density at radius 2 is 1.82 bits per heavy atom. The van der Waals surface area contributed by atoms with Gasteiger partial charge in [0.1, 0.15) is 0 Å². The molecule has 0 N–H and O–H groups in total. The SMILES string of the molecule is CC1CN(CCCF)CC1C. The zero-order valence-electron chi connectivity index (χ0n) is 7.52. The minimum atomic E-state index is -0.167. The van der Waals surface area contributed by atoms with E-state index in [0.717, 1.165) is 18.4 Å². The summed E-state index contributed by atoms with van der Waals surface area (Å²) in [5.41, 5.74) is 0. The van der Waals surface area contributed by atoms with Gasteiger partial charge in [-0.05, 0) is 18.3 Å². The van der Waals surface area contributed by atoms with E-state index in [1.807, 2.05) is 0 Å². The van der Waals surface area contributed by atoms with E-state index in [1.165, 1.54) is 13.1 Å². The lowest BCUT2D eigenvalue weighted by Crippen LogP contribution is -2.22. The van der Waals surface area contributed by atoms with Crippen LogP contribution in [0.3, 0.4) is 0 Å². The number of nitrogens with zero attached hydrogens (tertiary/aromatic N) is 1. The maximum atomic E-state index is 11.8. The predicted octanol–water partition coefficient (Wildman–Crippen LogP) is 1.93. The molecule has 1 nitrogen and oxygen atoms in total. The Morgan fingerprint density at radius 3 is 2.27 bits per heavy atom. The second-order valence-electron chi connectivity index (χ2n) is 3.76. The summed E-state index contributed by atoms with van der Waals surface area (Å²) in [6, 6.07) is 0. The van der Waals surface area contributed by atoms with E-state index in [1.54, 1.807) is 0 Å². The third-order valence-electron chi connectivity index (χ3n) is 2.67. The molecule has 2 unspecified atom stereocenters. The molecule has 1 heterocycles. The average Bonchev–Trinajstić information content (AvgIpc) is 2.28. The quantitative estimate of drug-likeness (QED) is 0.608. The fraction of sp³-hybridized carbons (Fsp3) is 1.00. The molecule has 0 aromatic carbocycles. The predicted molar refractivity (Wildman–Crippen MR) is 45.4 cm³/mol. The molecular weight excluding hydrogens is 141 g/mol. The van der Waals surface area contributed by atoms with E-state index >= 15 is 0 Å². The number of rotatable bonds is 3. The van der Waals surface area contributed by atoms with Crippen molar-refractivity contribution in [2.24, 2.45) is 11.8 Å². The lowest BCUT2D eigenvalue weighted by atomic mass is 10.0. The van der Waals surface area contributed by atoms with Crippen LogP contribution in [-0.2, 0) is 0 Å².